The topological polar surface area (TPSA) is 62.1 Å². The molecule has 0 spiro atoms. The molecule has 0 fully saturated rings. The molecule has 0 radical (unpaired) electrons. The first-order chi connectivity index (χ1) is 14.4. The average molecular weight is 396 g/mol. The summed E-state index contributed by atoms with van der Waals surface area (Å²) in [6.07, 6.45) is 1.57. The molecule has 3 rings (SSSR count). The van der Waals surface area contributed by atoms with Gasteiger partial charge < -0.3 is 10.1 Å². The van der Waals surface area contributed by atoms with Gasteiger partial charge in [0.15, 0.2) is 0 Å². The number of carbonyl (C=O) groups excluding carboxylic acids is 1. The zero-order valence-corrected chi connectivity index (χ0v) is 17.4. The predicted octanol–water partition coefficient (Wildman–Crippen LogP) is 5.74. The van der Waals surface area contributed by atoms with Gasteiger partial charge in [-0.05, 0) is 73.4 Å². The first-order valence-corrected chi connectivity index (χ1v) is 9.73. The van der Waals surface area contributed by atoms with E-state index in [0.29, 0.717) is 12.3 Å². The molecule has 150 valence electrons. The van der Waals surface area contributed by atoms with Gasteiger partial charge in [-0.1, -0.05) is 48.0 Å². The Balaban J connectivity index is 1.65. The Morgan fingerprint density at radius 1 is 1.00 bits per heavy atom. The van der Waals surface area contributed by atoms with Gasteiger partial charge in [0.05, 0.1) is 0 Å². The summed E-state index contributed by atoms with van der Waals surface area (Å²) in [5.74, 6) is 0.298. The molecule has 3 aromatic carbocycles. The number of benzene rings is 3. The Morgan fingerprint density at radius 3 is 2.43 bits per heavy atom. The number of hydrogen-bond donors (Lipinski definition) is 1. The first kappa shape index (κ1) is 20.9. The fourth-order valence-corrected chi connectivity index (χ4v) is 2.96. The monoisotopic (exact) mass is 396 g/mol. The van der Waals surface area contributed by atoms with Crippen LogP contribution in [0.25, 0.3) is 6.08 Å². The number of nitriles is 1. The second-order valence-electron chi connectivity index (χ2n) is 7.27. The molecule has 0 unspecified atom stereocenters. The van der Waals surface area contributed by atoms with Gasteiger partial charge in [-0.25, -0.2) is 0 Å². The Labute approximate surface area is 177 Å². The number of aryl methyl sites for hydroxylation is 3. The van der Waals surface area contributed by atoms with Crippen LogP contribution in [0.15, 0.2) is 72.3 Å². The Hall–Kier alpha value is -3.84. The third kappa shape index (κ3) is 5.59. The first-order valence-electron chi connectivity index (χ1n) is 9.73. The van der Waals surface area contributed by atoms with Crippen LogP contribution in [0, 0.1) is 32.1 Å². The maximum absolute atomic E-state index is 12.5. The van der Waals surface area contributed by atoms with E-state index in [1.807, 2.05) is 87.5 Å². The lowest BCUT2D eigenvalue weighted by molar-refractivity contribution is -0.112. The largest absolute Gasteiger partial charge is 0.489 e. The third-order valence-corrected chi connectivity index (χ3v) is 4.81. The lowest BCUT2D eigenvalue weighted by Crippen LogP contribution is -2.13. The summed E-state index contributed by atoms with van der Waals surface area (Å²) in [5.41, 5.74) is 5.99. The minimum atomic E-state index is -0.430. The second-order valence-corrected chi connectivity index (χ2v) is 7.27. The van der Waals surface area contributed by atoms with Crippen molar-refractivity contribution in [2.24, 2.45) is 0 Å². The minimum absolute atomic E-state index is 0.0432. The van der Waals surface area contributed by atoms with Gasteiger partial charge in [-0.2, -0.15) is 5.26 Å². The predicted molar refractivity (Wildman–Crippen MR) is 120 cm³/mol. The van der Waals surface area contributed by atoms with Gasteiger partial charge >= 0.3 is 0 Å². The number of anilines is 1. The standard InChI is InChI=1S/C26H24N2O2/c1-18-5-4-6-22(13-18)17-30-25-11-8-21(9-12-25)15-23(16-27)26(29)28-24-10-7-19(2)20(3)14-24/h4-15H,17H2,1-3H3,(H,28,29)/b23-15+. The zero-order chi connectivity index (χ0) is 21.5. The second kappa shape index (κ2) is 9.58. The summed E-state index contributed by atoms with van der Waals surface area (Å²) >= 11 is 0. The van der Waals surface area contributed by atoms with Crippen LogP contribution in [0.5, 0.6) is 5.75 Å². The number of nitrogens with one attached hydrogen (secondary N) is 1. The summed E-state index contributed by atoms with van der Waals surface area (Å²) in [7, 11) is 0. The van der Waals surface area contributed by atoms with Crippen molar-refractivity contribution in [2.45, 2.75) is 27.4 Å². The van der Waals surface area contributed by atoms with Crippen molar-refractivity contribution < 1.29 is 9.53 Å². The molecule has 0 saturated heterocycles. The smallest absolute Gasteiger partial charge is 0.266 e. The van der Waals surface area contributed by atoms with Crippen LogP contribution >= 0.6 is 0 Å². The molecular formula is C26H24N2O2. The van der Waals surface area contributed by atoms with Crippen molar-refractivity contribution in [3.8, 4) is 11.8 Å². The molecule has 0 bridgehead atoms. The Bertz CT molecular complexity index is 1120. The number of carbonyl (C=O) groups is 1. The summed E-state index contributed by atoms with van der Waals surface area (Å²) in [6, 6.07) is 23.1. The summed E-state index contributed by atoms with van der Waals surface area (Å²) < 4.78 is 5.82. The van der Waals surface area contributed by atoms with E-state index in [9.17, 15) is 10.1 Å². The van der Waals surface area contributed by atoms with Gasteiger partial charge in [0.2, 0.25) is 0 Å². The van der Waals surface area contributed by atoms with Crippen molar-refractivity contribution in [2.75, 3.05) is 5.32 Å². The maximum Gasteiger partial charge on any atom is 0.266 e. The van der Waals surface area contributed by atoms with Gasteiger partial charge in [0.25, 0.3) is 5.91 Å². The fourth-order valence-electron chi connectivity index (χ4n) is 2.96. The van der Waals surface area contributed by atoms with Crippen LogP contribution in [-0.2, 0) is 11.4 Å². The maximum atomic E-state index is 12.5. The highest BCUT2D eigenvalue weighted by molar-refractivity contribution is 6.09. The van der Waals surface area contributed by atoms with Crippen LogP contribution in [0.3, 0.4) is 0 Å². The van der Waals surface area contributed by atoms with Gasteiger partial charge in [-0.3, -0.25) is 4.79 Å². The van der Waals surface area contributed by atoms with E-state index in [1.165, 1.54) is 5.56 Å². The summed E-state index contributed by atoms with van der Waals surface area (Å²) in [4.78, 5) is 12.5. The molecule has 0 aliphatic heterocycles. The highest BCUT2D eigenvalue weighted by Gasteiger charge is 2.10. The molecule has 1 amide bonds. The van der Waals surface area contributed by atoms with Crippen LogP contribution in [0.2, 0.25) is 0 Å². The highest BCUT2D eigenvalue weighted by atomic mass is 16.5. The molecule has 0 aromatic heterocycles. The highest BCUT2D eigenvalue weighted by Crippen LogP contribution is 2.18. The van der Waals surface area contributed by atoms with Crippen molar-refractivity contribution in [3.05, 3.63) is 100 Å². The van der Waals surface area contributed by atoms with E-state index < -0.39 is 5.91 Å². The Morgan fingerprint density at radius 2 is 1.77 bits per heavy atom. The zero-order valence-electron chi connectivity index (χ0n) is 17.4. The molecule has 0 saturated carbocycles. The van der Waals surface area contributed by atoms with Crippen LogP contribution in [0.1, 0.15) is 27.8 Å². The van der Waals surface area contributed by atoms with Gasteiger partial charge in [0.1, 0.15) is 24.0 Å². The molecule has 4 nitrogen and oxygen atoms in total. The summed E-state index contributed by atoms with van der Waals surface area (Å²) in [6.45, 7) is 6.52. The van der Waals surface area contributed by atoms with E-state index >= 15 is 0 Å². The molecule has 0 aliphatic rings. The summed E-state index contributed by atoms with van der Waals surface area (Å²) in [5, 5.41) is 12.2. The average Bonchev–Trinajstić information content (AvgIpc) is 2.74. The molecular weight excluding hydrogens is 372 g/mol. The van der Waals surface area contributed by atoms with Gasteiger partial charge in [0, 0.05) is 5.69 Å². The number of rotatable bonds is 6. The SMILES string of the molecule is Cc1cccc(COc2ccc(/C=C(\C#N)C(=O)Nc3ccc(C)c(C)c3)cc2)c1. The van der Waals surface area contributed by atoms with Crippen LogP contribution in [-0.4, -0.2) is 5.91 Å². The Kier molecular flexibility index (Phi) is 6.67. The molecule has 1 N–H and O–H groups in total. The normalized spacial score (nSPS) is 10.9. The van der Waals surface area contributed by atoms with Crippen molar-refractivity contribution in [1.82, 2.24) is 0 Å². The minimum Gasteiger partial charge on any atom is -0.489 e. The molecule has 0 heterocycles. The number of hydrogen-bond acceptors (Lipinski definition) is 3. The molecule has 3 aromatic rings. The van der Waals surface area contributed by atoms with E-state index in [1.54, 1.807) is 6.08 Å². The van der Waals surface area contributed by atoms with Crippen molar-refractivity contribution in [1.29, 1.82) is 5.26 Å². The van der Waals surface area contributed by atoms with Gasteiger partial charge in [-0.15, -0.1) is 0 Å². The molecule has 0 aliphatic carbocycles. The number of nitrogens with zero attached hydrogens (tertiary/aromatic N) is 1. The van der Waals surface area contributed by atoms with Crippen molar-refractivity contribution in [3.63, 3.8) is 0 Å². The van der Waals surface area contributed by atoms with E-state index in [0.717, 1.165) is 28.0 Å². The molecule has 30 heavy (non-hydrogen) atoms. The lowest BCUT2D eigenvalue weighted by Gasteiger charge is -2.08. The van der Waals surface area contributed by atoms with E-state index in [-0.39, 0.29) is 5.57 Å². The molecule has 4 heteroatoms. The quantitative estimate of drug-likeness (QED) is 0.427. The molecule has 0 atom stereocenters. The lowest BCUT2D eigenvalue weighted by atomic mass is 10.1. The van der Waals surface area contributed by atoms with Crippen molar-refractivity contribution >= 4 is 17.7 Å². The number of ether oxygens (including phenoxy) is 1. The fraction of sp³-hybridized carbons (Fsp3) is 0.154. The van der Waals surface area contributed by atoms with Crippen LogP contribution < -0.4 is 10.1 Å². The van der Waals surface area contributed by atoms with Crippen LogP contribution in [0.4, 0.5) is 5.69 Å². The van der Waals surface area contributed by atoms with E-state index in [4.69, 9.17) is 4.74 Å². The number of amides is 1. The third-order valence-electron chi connectivity index (χ3n) is 4.81. The van der Waals surface area contributed by atoms with E-state index in [2.05, 4.69) is 11.4 Å².